The van der Waals surface area contributed by atoms with Crippen molar-refractivity contribution in [1.82, 2.24) is 0 Å². The van der Waals surface area contributed by atoms with Gasteiger partial charge in [0.2, 0.25) is 0 Å². The average molecular weight is 449 g/mol. The minimum atomic E-state index is 0.561. The van der Waals surface area contributed by atoms with E-state index in [4.69, 9.17) is 18.9 Å². The highest BCUT2D eigenvalue weighted by molar-refractivity contribution is 7.24. The van der Waals surface area contributed by atoms with Crippen LogP contribution in [0.2, 0.25) is 0 Å². The lowest BCUT2D eigenvalue weighted by atomic mass is 10.2. The van der Waals surface area contributed by atoms with Gasteiger partial charge in [-0.15, -0.1) is 22.7 Å². The number of fused-ring (bicyclic) bond motifs is 2. The first-order valence-electron chi connectivity index (χ1n) is 10.6. The molecule has 0 aromatic carbocycles. The van der Waals surface area contributed by atoms with E-state index < -0.39 is 0 Å². The molecule has 0 spiro atoms. The summed E-state index contributed by atoms with van der Waals surface area (Å²) in [4.78, 5) is 3.20. The molecule has 0 saturated carbocycles. The second kappa shape index (κ2) is 10.7. The maximum absolute atomic E-state index is 6.01. The van der Waals surface area contributed by atoms with Crippen molar-refractivity contribution < 1.29 is 23.5 Å². The van der Waals surface area contributed by atoms with Gasteiger partial charge >= 0.3 is 0 Å². The zero-order chi connectivity index (χ0) is 21.5. The average Bonchev–Trinajstić information content (AvgIpc) is 3.43. The van der Waals surface area contributed by atoms with E-state index in [0.717, 1.165) is 49.7 Å². The standard InChI is InChI=1S/C19H18NO4S2.2C2H6/c1-2-20-5-3-12(4-6-20)17-15-16(24-10-9-23-15)19(26-17)18-14-13(11-25-18)21-7-8-22-14;2*1-2/h3-6,11H,2,7-10H2,1H3;2*1-2H3/q+1;;. The lowest BCUT2D eigenvalue weighted by Gasteiger charge is -2.18. The van der Waals surface area contributed by atoms with Crippen LogP contribution in [0.1, 0.15) is 34.6 Å². The van der Waals surface area contributed by atoms with Crippen LogP contribution in [0, 0.1) is 0 Å². The molecule has 5 nitrogen and oxygen atoms in total. The van der Waals surface area contributed by atoms with Gasteiger partial charge in [-0.2, -0.15) is 0 Å². The van der Waals surface area contributed by atoms with Gasteiger partial charge < -0.3 is 18.9 Å². The van der Waals surface area contributed by atoms with Gasteiger partial charge in [0.25, 0.3) is 0 Å². The smallest absolute Gasteiger partial charge is 0.181 e. The second-order valence-electron chi connectivity index (χ2n) is 5.99. The highest BCUT2D eigenvalue weighted by Crippen LogP contribution is 2.58. The van der Waals surface area contributed by atoms with Gasteiger partial charge in [-0.3, -0.25) is 0 Å². The molecule has 0 N–H and O–H groups in total. The Morgan fingerprint density at radius 1 is 0.767 bits per heavy atom. The number of rotatable bonds is 3. The number of ether oxygens (including phenoxy) is 4. The van der Waals surface area contributed by atoms with Crippen LogP contribution in [-0.2, 0) is 6.54 Å². The fourth-order valence-electron chi connectivity index (χ4n) is 3.13. The summed E-state index contributed by atoms with van der Waals surface area (Å²) >= 11 is 3.31. The van der Waals surface area contributed by atoms with Gasteiger partial charge in [0.1, 0.15) is 33.0 Å². The lowest BCUT2D eigenvalue weighted by Crippen LogP contribution is -2.30. The number of aryl methyl sites for hydroxylation is 1. The summed E-state index contributed by atoms with van der Waals surface area (Å²) < 4.78 is 25.7. The molecule has 0 bridgehead atoms. The van der Waals surface area contributed by atoms with Crippen LogP contribution in [0.15, 0.2) is 29.9 Å². The molecule has 30 heavy (non-hydrogen) atoms. The van der Waals surface area contributed by atoms with Crippen LogP contribution in [0.25, 0.3) is 20.2 Å². The van der Waals surface area contributed by atoms with Crippen LogP contribution in [0.4, 0.5) is 0 Å². The van der Waals surface area contributed by atoms with Gasteiger partial charge in [-0.1, -0.05) is 27.7 Å². The lowest BCUT2D eigenvalue weighted by molar-refractivity contribution is -0.693. The van der Waals surface area contributed by atoms with Crippen LogP contribution < -0.4 is 23.5 Å². The van der Waals surface area contributed by atoms with Crippen molar-refractivity contribution in [2.75, 3.05) is 26.4 Å². The number of aromatic nitrogens is 1. The second-order valence-corrected chi connectivity index (χ2v) is 7.89. The minimum absolute atomic E-state index is 0.561. The zero-order valence-electron chi connectivity index (χ0n) is 18.3. The van der Waals surface area contributed by atoms with E-state index >= 15 is 0 Å². The fraction of sp³-hybridized carbons (Fsp3) is 0.435. The molecule has 0 amide bonds. The van der Waals surface area contributed by atoms with Crippen molar-refractivity contribution in [1.29, 1.82) is 0 Å². The molecule has 2 aliphatic heterocycles. The Balaban J connectivity index is 0.000000606. The SMILES string of the molecule is CC.CC.CC[n+]1ccc(-c2sc(-c3scc4c3OCCO4)c3c2OCCO3)cc1. The molecule has 162 valence electrons. The Hall–Kier alpha value is -2.25. The first kappa shape index (κ1) is 22.4. The van der Waals surface area contributed by atoms with Gasteiger partial charge in [0, 0.05) is 23.1 Å². The summed E-state index contributed by atoms with van der Waals surface area (Å²) in [5.41, 5.74) is 1.13. The molecule has 3 aromatic heterocycles. The number of hydrogen-bond donors (Lipinski definition) is 0. The van der Waals surface area contributed by atoms with Crippen LogP contribution in [0.5, 0.6) is 23.0 Å². The molecule has 5 heterocycles. The van der Waals surface area contributed by atoms with E-state index in [1.165, 1.54) is 0 Å². The number of pyridine rings is 1. The summed E-state index contributed by atoms with van der Waals surface area (Å²) in [5.74, 6) is 3.30. The van der Waals surface area contributed by atoms with Crippen molar-refractivity contribution in [3.8, 4) is 43.2 Å². The van der Waals surface area contributed by atoms with E-state index in [1.807, 2.05) is 33.1 Å². The molecule has 0 saturated heterocycles. The van der Waals surface area contributed by atoms with E-state index in [9.17, 15) is 0 Å². The Morgan fingerprint density at radius 2 is 1.33 bits per heavy atom. The molecule has 2 aliphatic rings. The predicted molar refractivity (Wildman–Crippen MR) is 124 cm³/mol. The Morgan fingerprint density at radius 3 is 1.97 bits per heavy atom. The maximum Gasteiger partial charge on any atom is 0.181 e. The van der Waals surface area contributed by atoms with Crippen molar-refractivity contribution in [3.05, 3.63) is 29.9 Å². The number of nitrogens with zero attached hydrogens (tertiary/aromatic N) is 1. The third-order valence-electron chi connectivity index (χ3n) is 4.42. The topological polar surface area (TPSA) is 40.8 Å². The van der Waals surface area contributed by atoms with Gasteiger partial charge in [-0.05, 0) is 6.92 Å². The first-order chi connectivity index (χ1) is 14.8. The van der Waals surface area contributed by atoms with Gasteiger partial charge in [-0.25, -0.2) is 4.57 Å². The summed E-state index contributed by atoms with van der Waals surface area (Å²) in [6.07, 6.45) is 4.18. The Labute approximate surface area is 186 Å². The summed E-state index contributed by atoms with van der Waals surface area (Å²) in [7, 11) is 0. The molecule has 0 aliphatic carbocycles. The molecule has 7 heteroatoms. The van der Waals surface area contributed by atoms with Crippen LogP contribution in [0.3, 0.4) is 0 Å². The summed E-state index contributed by atoms with van der Waals surface area (Å²) in [6.45, 7) is 13.4. The Kier molecular flexibility index (Phi) is 7.99. The molecular formula is C23H30NO4S2+. The Bertz CT molecular complexity index is 947. The molecular weight excluding hydrogens is 418 g/mol. The van der Waals surface area contributed by atoms with E-state index in [0.29, 0.717) is 26.4 Å². The number of thiophene rings is 2. The monoisotopic (exact) mass is 448 g/mol. The molecule has 3 aromatic rings. The maximum atomic E-state index is 6.01. The molecule has 0 atom stereocenters. The van der Waals surface area contributed by atoms with E-state index in [1.54, 1.807) is 22.7 Å². The normalized spacial score (nSPS) is 13.5. The molecule has 0 unspecified atom stereocenters. The van der Waals surface area contributed by atoms with E-state index in [-0.39, 0.29) is 0 Å². The van der Waals surface area contributed by atoms with Gasteiger partial charge in [0.15, 0.2) is 35.4 Å². The van der Waals surface area contributed by atoms with Gasteiger partial charge in [0.05, 0.1) is 14.6 Å². The summed E-state index contributed by atoms with van der Waals surface area (Å²) in [5, 5.41) is 2.01. The quantitative estimate of drug-likeness (QED) is 0.458. The highest BCUT2D eigenvalue weighted by atomic mass is 32.1. The predicted octanol–water partition coefficient (Wildman–Crippen LogP) is 6.05. The highest BCUT2D eigenvalue weighted by Gasteiger charge is 2.30. The molecule has 5 rings (SSSR count). The van der Waals surface area contributed by atoms with Crippen molar-refractivity contribution >= 4 is 22.7 Å². The molecule has 0 radical (unpaired) electrons. The fourth-order valence-corrected chi connectivity index (χ4v) is 5.40. The minimum Gasteiger partial charge on any atom is -0.485 e. The zero-order valence-corrected chi connectivity index (χ0v) is 20.0. The van der Waals surface area contributed by atoms with Crippen molar-refractivity contribution in [2.45, 2.75) is 41.2 Å². The van der Waals surface area contributed by atoms with Crippen molar-refractivity contribution in [2.24, 2.45) is 0 Å². The third kappa shape index (κ3) is 4.27. The van der Waals surface area contributed by atoms with Crippen LogP contribution >= 0.6 is 22.7 Å². The molecule has 0 fully saturated rings. The van der Waals surface area contributed by atoms with Crippen molar-refractivity contribution in [3.63, 3.8) is 0 Å². The number of hydrogen-bond acceptors (Lipinski definition) is 6. The first-order valence-corrected chi connectivity index (χ1v) is 12.3. The largest absolute Gasteiger partial charge is 0.485 e. The third-order valence-corrected chi connectivity index (χ3v) is 6.73. The summed E-state index contributed by atoms with van der Waals surface area (Å²) in [6, 6.07) is 4.25. The van der Waals surface area contributed by atoms with E-state index in [2.05, 4.69) is 36.0 Å². The van der Waals surface area contributed by atoms with Crippen LogP contribution in [-0.4, -0.2) is 26.4 Å².